The molecule has 88 valence electrons. The smallest absolute Gasteiger partial charge is 0.320 e. The molecule has 0 spiro atoms. The minimum absolute atomic E-state index is 0.269. The summed E-state index contributed by atoms with van der Waals surface area (Å²) in [7, 11) is 0. The minimum Gasteiger partial charge on any atom is -0.480 e. The topological polar surface area (TPSA) is 81.6 Å². The third kappa shape index (κ3) is 4.59. The van der Waals surface area contributed by atoms with Crippen LogP contribution in [0.1, 0.15) is 25.7 Å². The van der Waals surface area contributed by atoms with E-state index in [1.807, 2.05) is 0 Å². The van der Waals surface area contributed by atoms with Crippen LogP contribution in [0.2, 0.25) is 0 Å². The first-order valence-corrected chi connectivity index (χ1v) is 5.54. The summed E-state index contributed by atoms with van der Waals surface area (Å²) in [5.41, 5.74) is 0. The lowest BCUT2D eigenvalue weighted by atomic mass is 10.2. The van der Waals surface area contributed by atoms with Gasteiger partial charge in [0.25, 0.3) is 0 Å². The van der Waals surface area contributed by atoms with Crippen molar-refractivity contribution in [3.8, 4) is 0 Å². The van der Waals surface area contributed by atoms with Crippen LogP contribution in [-0.4, -0.2) is 48.0 Å². The normalized spacial score (nSPS) is 29.7. The van der Waals surface area contributed by atoms with E-state index in [0.717, 1.165) is 32.4 Å². The molecule has 0 aliphatic carbocycles. The van der Waals surface area contributed by atoms with Gasteiger partial charge in [-0.25, -0.2) is 0 Å². The lowest BCUT2D eigenvalue weighted by Gasteiger charge is -2.01. The van der Waals surface area contributed by atoms with Crippen LogP contribution in [0.5, 0.6) is 0 Å². The van der Waals surface area contributed by atoms with Gasteiger partial charge in [-0.3, -0.25) is 4.79 Å². The van der Waals surface area contributed by atoms with Crippen LogP contribution in [0, 0.1) is 0 Å². The Labute approximate surface area is 89.9 Å². The maximum atomic E-state index is 10.1. The molecule has 0 amide bonds. The molecule has 2 saturated heterocycles. The molecule has 2 aliphatic rings. The van der Waals surface area contributed by atoms with E-state index in [4.69, 9.17) is 10.2 Å². The number of aliphatic hydroxyl groups is 1. The Balaban J connectivity index is 0.000000151. The van der Waals surface area contributed by atoms with Crippen molar-refractivity contribution in [2.45, 2.75) is 37.8 Å². The van der Waals surface area contributed by atoms with Gasteiger partial charge in [-0.2, -0.15) is 0 Å². The molecule has 0 saturated carbocycles. The summed E-state index contributed by atoms with van der Waals surface area (Å²) in [6.45, 7) is 2.25. The third-order valence-electron chi connectivity index (χ3n) is 2.74. The van der Waals surface area contributed by atoms with Crippen molar-refractivity contribution in [3.05, 3.63) is 0 Å². The Hall–Kier alpha value is -0.650. The first-order valence-electron chi connectivity index (χ1n) is 5.54. The minimum atomic E-state index is -0.720. The molecule has 5 heteroatoms. The predicted molar refractivity (Wildman–Crippen MR) is 56.8 cm³/mol. The summed E-state index contributed by atoms with van der Waals surface area (Å²) >= 11 is 0. The van der Waals surface area contributed by atoms with Crippen molar-refractivity contribution in [2.75, 3.05) is 19.7 Å². The van der Waals surface area contributed by atoms with Crippen LogP contribution in [0.4, 0.5) is 0 Å². The van der Waals surface area contributed by atoms with Crippen LogP contribution >= 0.6 is 0 Å². The lowest BCUT2D eigenvalue weighted by Crippen LogP contribution is -2.29. The van der Waals surface area contributed by atoms with Gasteiger partial charge in [0.2, 0.25) is 0 Å². The largest absolute Gasteiger partial charge is 0.480 e. The fourth-order valence-corrected chi connectivity index (χ4v) is 1.81. The summed E-state index contributed by atoms with van der Waals surface area (Å²) in [4.78, 5) is 10.1. The second-order valence-corrected chi connectivity index (χ2v) is 3.96. The summed E-state index contributed by atoms with van der Waals surface area (Å²) in [5.74, 6) is -0.720. The molecule has 0 unspecified atom stereocenters. The Morgan fingerprint density at radius 1 is 1.20 bits per heavy atom. The van der Waals surface area contributed by atoms with Crippen molar-refractivity contribution in [1.29, 1.82) is 0 Å². The van der Waals surface area contributed by atoms with Gasteiger partial charge < -0.3 is 20.8 Å². The molecule has 2 fully saturated rings. The summed E-state index contributed by atoms with van der Waals surface area (Å²) in [5, 5.41) is 22.9. The van der Waals surface area contributed by atoms with E-state index < -0.39 is 5.97 Å². The number of aliphatic carboxylic acids is 1. The van der Waals surface area contributed by atoms with Crippen LogP contribution in [0.25, 0.3) is 0 Å². The van der Waals surface area contributed by atoms with Gasteiger partial charge in [0.1, 0.15) is 6.04 Å². The third-order valence-corrected chi connectivity index (χ3v) is 2.74. The molecular weight excluding hydrogens is 196 g/mol. The summed E-state index contributed by atoms with van der Waals surface area (Å²) in [6, 6.07) is 0.134. The van der Waals surface area contributed by atoms with Crippen LogP contribution in [-0.2, 0) is 4.79 Å². The van der Waals surface area contributed by atoms with E-state index in [0.29, 0.717) is 12.6 Å². The fraction of sp³-hybridized carbons (Fsp3) is 0.900. The zero-order chi connectivity index (χ0) is 11.1. The van der Waals surface area contributed by atoms with Crippen molar-refractivity contribution in [2.24, 2.45) is 0 Å². The maximum Gasteiger partial charge on any atom is 0.320 e. The van der Waals surface area contributed by atoms with Gasteiger partial charge in [0.05, 0.1) is 6.61 Å². The highest BCUT2D eigenvalue weighted by Crippen LogP contribution is 2.03. The van der Waals surface area contributed by atoms with E-state index in [1.54, 1.807) is 0 Å². The highest BCUT2D eigenvalue weighted by atomic mass is 16.4. The average molecular weight is 216 g/mol. The fourth-order valence-electron chi connectivity index (χ4n) is 1.81. The first kappa shape index (κ1) is 12.4. The highest BCUT2D eigenvalue weighted by Gasteiger charge is 2.20. The van der Waals surface area contributed by atoms with Crippen LogP contribution < -0.4 is 10.6 Å². The van der Waals surface area contributed by atoms with Gasteiger partial charge in [-0.15, -0.1) is 0 Å². The lowest BCUT2D eigenvalue weighted by molar-refractivity contribution is -0.139. The molecule has 0 aromatic heterocycles. The quantitative estimate of drug-likeness (QED) is 0.503. The predicted octanol–water partition coefficient (Wildman–Crippen LogP) is -0.446. The number of aliphatic hydroxyl groups excluding tert-OH is 1. The van der Waals surface area contributed by atoms with Gasteiger partial charge in [-0.1, -0.05) is 0 Å². The molecule has 2 rings (SSSR count). The van der Waals surface area contributed by atoms with E-state index in [-0.39, 0.29) is 6.04 Å². The van der Waals surface area contributed by atoms with Gasteiger partial charge >= 0.3 is 5.97 Å². The number of hydrogen-bond acceptors (Lipinski definition) is 4. The van der Waals surface area contributed by atoms with Crippen molar-refractivity contribution >= 4 is 5.97 Å². The summed E-state index contributed by atoms with van der Waals surface area (Å²) in [6.07, 6.45) is 4.16. The SMILES string of the molecule is O=C(O)[C@@H]1CCCN1.OC[C@@H]1CCCN1. The number of hydrogen-bond donors (Lipinski definition) is 4. The molecule has 5 nitrogen and oxygen atoms in total. The molecule has 0 aromatic carbocycles. The highest BCUT2D eigenvalue weighted by molar-refractivity contribution is 5.73. The Kier molecular flexibility index (Phi) is 5.60. The number of nitrogens with one attached hydrogen (secondary N) is 2. The van der Waals surface area contributed by atoms with Crippen LogP contribution in [0.15, 0.2) is 0 Å². The van der Waals surface area contributed by atoms with E-state index >= 15 is 0 Å². The molecule has 2 aliphatic heterocycles. The molecule has 15 heavy (non-hydrogen) atoms. The zero-order valence-corrected chi connectivity index (χ0v) is 8.91. The first-order chi connectivity index (χ1) is 7.24. The molecule has 2 atom stereocenters. The molecular formula is C10H20N2O3. The second-order valence-electron chi connectivity index (χ2n) is 3.96. The van der Waals surface area contributed by atoms with Gasteiger partial charge in [0.15, 0.2) is 0 Å². The molecule has 2 heterocycles. The van der Waals surface area contributed by atoms with Crippen LogP contribution in [0.3, 0.4) is 0 Å². The monoisotopic (exact) mass is 216 g/mol. The zero-order valence-electron chi connectivity index (χ0n) is 8.91. The Morgan fingerprint density at radius 2 is 1.87 bits per heavy atom. The van der Waals surface area contributed by atoms with Gasteiger partial charge in [-0.05, 0) is 38.8 Å². The van der Waals surface area contributed by atoms with E-state index in [1.165, 1.54) is 6.42 Å². The number of carboxylic acid groups (broad SMARTS) is 1. The number of rotatable bonds is 2. The standard InChI is InChI=1S/C5H9NO2.C5H11NO/c7-5(8)4-2-1-3-6-4;7-4-5-2-1-3-6-5/h4,6H,1-3H2,(H,7,8);5-7H,1-4H2/t4-;5-/m00/s1. The number of carboxylic acids is 1. The van der Waals surface area contributed by atoms with E-state index in [2.05, 4.69) is 10.6 Å². The molecule has 0 bridgehead atoms. The maximum absolute atomic E-state index is 10.1. The Morgan fingerprint density at radius 3 is 2.13 bits per heavy atom. The molecule has 0 aromatic rings. The van der Waals surface area contributed by atoms with Gasteiger partial charge in [0, 0.05) is 6.04 Å². The Bertz CT molecular complexity index is 187. The second kappa shape index (κ2) is 6.76. The van der Waals surface area contributed by atoms with E-state index in [9.17, 15) is 4.79 Å². The van der Waals surface area contributed by atoms with Crippen molar-refractivity contribution in [3.63, 3.8) is 0 Å². The molecule has 0 radical (unpaired) electrons. The van der Waals surface area contributed by atoms with Crippen molar-refractivity contribution < 1.29 is 15.0 Å². The summed E-state index contributed by atoms with van der Waals surface area (Å²) < 4.78 is 0. The molecule has 4 N–H and O–H groups in total. The average Bonchev–Trinajstić information content (AvgIpc) is 2.92. The van der Waals surface area contributed by atoms with Crippen molar-refractivity contribution in [1.82, 2.24) is 10.6 Å². The number of carbonyl (C=O) groups is 1.